The number of nitrogens with zero attached hydrogens (tertiary/aromatic N) is 2. The lowest BCUT2D eigenvalue weighted by atomic mass is 9.67. The monoisotopic (exact) mass is 362 g/mol. The Hall–Kier alpha value is -2.15. The summed E-state index contributed by atoms with van der Waals surface area (Å²) in [5, 5.41) is 3.41. The molecule has 2 aliphatic heterocycles. The molecule has 1 aromatic rings. The summed E-state index contributed by atoms with van der Waals surface area (Å²) in [7, 11) is 1.58. The Morgan fingerprint density at radius 3 is 2.69 bits per heavy atom. The van der Waals surface area contributed by atoms with Gasteiger partial charge in [0, 0.05) is 24.9 Å². The lowest BCUT2D eigenvalue weighted by Gasteiger charge is -2.46. The molecule has 0 bridgehead atoms. The number of ether oxygens (including phenoxy) is 1. The molecule has 2 heterocycles. The highest BCUT2D eigenvalue weighted by atomic mass is 19.1. The normalized spacial score (nSPS) is 31.1. The lowest BCUT2D eigenvalue weighted by Crippen LogP contribution is -2.58. The summed E-state index contributed by atoms with van der Waals surface area (Å²) < 4.78 is 20.4. The molecule has 0 aliphatic carbocycles. The van der Waals surface area contributed by atoms with Crippen molar-refractivity contribution in [1.29, 1.82) is 0 Å². The van der Waals surface area contributed by atoms with Crippen LogP contribution in [0.1, 0.15) is 39.7 Å². The topological polar surface area (TPSA) is 80.0 Å². The fourth-order valence-corrected chi connectivity index (χ4v) is 3.70. The van der Waals surface area contributed by atoms with Crippen molar-refractivity contribution >= 4 is 17.6 Å². The summed E-state index contributed by atoms with van der Waals surface area (Å²) in [4.78, 5) is 18.6. The van der Waals surface area contributed by atoms with Gasteiger partial charge in [-0.2, -0.15) is 0 Å². The first kappa shape index (κ1) is 18.6. The minimum Gasteiger partial charge on any atom is -0.380 e. The van der Waals surface area contributed by atoms with Crippen molar-refractivity contribution < 1.29 is 13.9 Å². The Bertz CT molecular complexity index is 764. The Morgan fingerprint density at radius 1 is 1.38 bits per heavy atom. The third-order valence-electron chi connectivity index (χ3n) is 5.96. The van der Waals surface area contributed by atoms with Crippen LogP contribution < -0.4 is 11.1 Å². The van der Waals surface area contributed by atoms with Crippen LogP contribution in [0.15, 0.2) is 23.2 Å². The summed E-state index contributed by atoms with van der Waals surface area (Å²) >= 11 is 0. The van der Waals surface area contributed by atoms with E-state index in [0.29, 0.717) is 12.2 Å². The summed E-state index contributed by atoms with van der Waals surface area (Å²) in [6.45, 7) is 8.02. The number of hydrogen-bond acceptors (Lipinski definition) is 5. The van der Waals surface area contributed by atoms with Crippen LogP contribution in [-0.2, 0) is 15.1 Å². The summed E-state index contributed by atoms with van der Waals surface area (Å²) in [6.07, 6.45) is 0.986. The van der Waals surface area contributed by atoms with Crippen molar-refractivity contribution in [2.45, 2.75) is 51.8 Å². The van der Waals surface area contributed by atoms with Gasteiger partial charge in [-0.1, -0.05) is 0 Å². The first-order valence-electron chi connectivity index (χ1n) is 8.89. The lowest BCUT2D eigenvalue weighted by molar-refractivity contribution is -0.140. The zero-order valence-electron chi connectivity index (χ0n) is 16.0. The molecule has 1 aromatic carbocycles. The number of rotatable bonds is 3. The molecule has 0 saturated carbocycles. The molecular formula is C19H27FN4O2. The van der Waals surface area contributed by atoms with E-state index in [1.807, 2.05) is 6.92 Å². The van der Waals surface area contributed by atoms with Crippen molar-refractivity contribution in [1.82, 2.24) is 4.90 Å². The van der Waals surface area contributed by atoms with Gasteiger partial charge < -0.3 is 15.8 Å². The van der Waals surface area contributed by atoms with E-state index < -0.39 is 16.8 Å². The van der Waals surface area contributed by atoms with E-state index in [1.165, 1.54) is 11.0 Å². The molecule has 6 nitrogen and oxygen atoms in total. The maximum absolute atomic E-state index is 14.8. The number of hydrogen-bond donors (Lipinski definition) is 2. The van der Waals surface area contributed by atoms with E-state index in [0.717, 1.165) is 12.1 Å². The highest BCUT2D eigenvalue weighted by Gasteiger charge is 2.53. The maximum atomic E-state index is 14.8. The number of nitrogens with one attached hydrogen (secondary N) is 1. The Kier molecular flexibility index (Phi) is 4.46. The second-order valence-electron chi connectivity index (χ2n) is 7.84. The molecule has 26 heavy (non-hydrogen) atoms. The zero-order chi connectivity index (χ0) is 19.3. The van der Waals surface area contributed by atoms with E-state index in [9.17, 15) is 9.18 Å². The van der Waals surface area contributed by atoms with Crippen molar-refractivity contribution in [2.75, 3.05) is 19.0 Å². The molecule has 0 radical (unpaired) electrons. The number of anilines is 1. The van der Waals surface area contributed by atoms with Gasteiger partial charge in [-0.25, -0.2) is 9.38 Å². The average molecular weight is 362 g/mol. The molecule has 3 unspecified atom stereocenters. The number of aliphatic imine (C=N–C) groups is 1. The number of guanidine groups is 1. The van der Waals surface area contributed by atoms with Crippen molar-refractivity contribution in [3.8, 4) is 0 Å². The second-order valence-corrected chi connectivity index (χ2v) is 7.84. The predicted molar refractivity (Wildman–Crippen MR) is 99.4 cm³/mol. The van der Waals surface area contributed by atoms with Gasteiger partial charge in [0.05, 0.1) is 17.6 Å². The zero-order valence-corrected chi connectivity index (χ0v) is 16.0. The van der Waals surface area contributed by atoms with Gasteiger partial charge in [-0.15, -0.1) is 0 Å². The molecule has 3 rings (SSSR count). The van der Waals surface area contributed by atoms with Crippen LogP contribution in [0.5, 0.6) is 0 Å². The van der Waals surface area contributed by atoms with Crippen LogP contribution >= 0.6 is 0 Å². The number of carbonyl (C=O) groups excluding carboxylic acids is 1. The Morgan fingerprint density at radius 2 is 2.08 bits per heavy atom. The highest BCUT2D eigenvalue weighted by molar-refractivity contribution is 6.01. The van der Waals surface area contributed by atoms with Gasteiger partial charge in [-0.3, -0.25) is 9.69 Å². The van der Waals surface area contributed by atoms with Crippen LogP contribution in [0.2, 0.25) is 0 Å². The molecule has 1 fully saturated rings. The highest BCUT2D eigenvalue weighted by Crippen LogP contribution is 2.47. The summed E-state index contributed by atoms with van der Waals surface area (Å²) in [5.74, 6) is -0.508. The predicted octanol–water partition coefficient (Wildman–Crippen LogP) is 2.44. The van der Waals surface area contributed by atoms with Crippen LogP contribution in [-0.4, -0.2) is 42.6 Å². The fraction of sp³-hybridized carbons (Fsp3) is 0.579. The number of amides is 1. The van der Waals surface area contributed by atoms with Crippen LogP contribution in [0.25, 0.3) is 0 Å². The second kappa shape index (κ2) is 6.23. The van der Waals surface area contributed by atoms with Crippen LogP contribution in [0, 0.1) is 11.2 Å². The Balaban J connectivity index is 2.04. The standard InChI is InChI=1S/C19H27FN4O2/c1-11-15(8-9-26-11)22-12-6-7-14(20)13(10-12)19(4)18(2,3)16(25)24(5)17(21)23-19/h6-7,10-11,15,22H,8-9H2,1-5H3,(H2,21,23). The van der Waals surface area contributed by atoms with Crippen molar-refractivity contribution in [3.63, 3.8) is 0 Å². The fourth-order valence-electron chi connectivity index (χ4n) is 3.70. The number of carbonyl (C=O) groups is 1. The van der Waals surface area contributed by atoms with Gasteiger partial charge in [0.1, 0.15) is 11.4 Å². The minimum absolute atomic E-state index is 0.0902. The van der Waals surface area contributed by atoms with Crippen molar-refractivity contribution in [3.05, 3.63) is 29.6 Å². The van der Waals surface area contributed by atoms with E-state index in [-0.39, 0.29) is 24.0 Å². The van der Waals surface area contributed by atoms with E-state index in [2.05, 4.69) is 10.3 Å². The molecule has 0 spiro atoms. The summed E-state index contributed by atoms with van der Waals surface area (Å²) in [6, 6.07) is 5.01. The molecular weight excluding hydrogens is 335 g/mol. The average Bonchev–Trinajstić information content (AvgIpc) is 2.98. The SMILES string of the molecule is CC1OCCC1Nc1ccc(F)c(C2(C)N=C(N)N(C)C(=O)C2(C)C)c1. The number of halogens is 1. The van der Waals surface area contributed by atoms with Crippen molar-refractivity contribution in [2.24, 2.45) is 16.1 Å². The van der Waals surface area contributed by atoms with Gasteiger partial charge in [-0.05, 0) is 52.3 Å². The first-order chi connectivity index (χ1) is 12.1. The number of nitrogens with two attached hydrogens (primary N) is 1. The molecule has 3 atom stereocenters. The smallest absolute Gasteiger partial charge is 0.237 e. The third kappa shape index (κ3) is 2.74. The summed E-state index contributed by atoms with van der Waals surface area (Å²) in [5.41, 5.74) is 5.01. The van der Waals surface area contributed by atoms with E-state index in [1.54, 1.807) is 40.0 Å². The van der Waals surface area contributed by atoms with Crippen LogP contribution in [0.3, 0.4) is 0 Å². The molecule has 1 saturated heterocycles. The van der Waals surface area contributed by atoms with Crippen LogP contribution in [0.4, 0.5) is 10.1 Å². The number of benzene rings is 1. The molecule has 2 aliphatic rings. The van der Waals surface area contributed by atoms with Gasteiger partial charge >= 0.3 is 0 Å². The Labute approximate surface area is 153 Å². The first-order valence-corrected chi connectivity index (χ1v) is 8.89. The molecule has 0 aromatic heterocycles. The van der Waals surface area contributed by atoms with E-state index in [4.69, 9.17) is 10.5 Å². The van der Waals surface area contributed by atoms with Gasteiger partial charge in [0.15, 0.2) is 5.96 Å². The third-order valence-corrected chi connectivity index (χ3v) is 5.96. The molecule has 7 heteroatoms. The van der Waals surface area contributed by atoms with E-state index >= 15 is 0 Å². The molecule has 1 amide bonds. The largest absolute Gasteiger partial charge is 0.380 e. The maximum Gasteiger partial charge on any atom is 0.237 e. The quantitative estimate of drug-likeness (QED) is 0.866. The molecule has 142 valence electrons. The molecule has 3 N–H and O–H groups in total. The van der Waals surface area contributed by atoms with Gasteiger partial charge in [0.25, 0.3) is 0 Å². The minimum atomic E-state index is -1.11. The van der Waals surface area contributed by atoms with Gasteiger partial charge in [0.2, 0.25) is 5.91 Å².